The van der Waals surface area contributed by atoms with E-state index in [4.69, 9.17) is 0 Å². The summed E-state index contributed by atoms with van der Waals surface area (Å²) in [5.74, 6) is 0.0685. The molecule has 2 aromatic carbocycles. The SMILES string of the molecule is Cc1nc2ccccc2[n+]2nn(-c3ccc4ncccc4c3)c(O)c12.[OH-]. The minimum absolute atomic E-state index is 0. The van der Waals surface area contributed by atoms with Gasteiger partial charge in [0, 0.05) is 11.6 Å². The standard InChI is InChI=1S/C19H13N5O.H2O/c1-12-18-19(25)23(14-8-9-15-13(11-14)5-4-10-20-15)22-24(18)17-7-3-2-6-16(17)21-12;/h2-11H,1H3;1H2. The van der Waals surface area contributed by atoms with E-state index in [1.807, 2.05) is 61.5 Å². The second-order valence-electron chi connectivity index (χ2n) is 5.95. The second-order valence-corrected chi connectivity index (χ2v) is 5.95. The monoisotopic (exact) mass is 345 g/mol. The van der Waals surface area contributed by atoms with Crippen molar-refractivity contribution in [3.8, 4) is 11.6 Å². The van der Waals surface area contributed by atoms with Crippen molar-refractivity contribution in [2.75, 3.05) is 0 Å². The fourth-order valence-corrected chi connectivity index (χ4v) is 3.20. The first kappa shape index (κ1) is 15.9. The van der Waals surface area contributed by atoms with Crippen LogP contribution in [0, 0.1) is 6.92 Å². The normalized spacial score (nSPS) is 11.1. The first-order valence-electron chi connectivity index (χ1n) is 7.97. The molecule has 0 radical (unpaired) electrons. The molecule has 2 N–H and O–H groups in total. The number of aromatic nitrogens is 5. The molecule has 0 saturated heterocycles. The first-order chi connectivity index (χ1) is 12.2. The molecule has 0 unspecified atom stereocenters. The molecule has 0 fully saturated rings. The lowest BCUT2D eigenvalue weighted by Gasteiger charge is -1.98. The zero-order chi connectivity index (χ0) is 17.0. The second kappa shape index (κ2) is 5.75. The minimum Gasteiger partial charge on any atom is -0.870 e. The smallest absolute Gasteiger partial charge is 0.361 e. The predicted octanol–water partition coefficient (Wildman–Crippen LogP) is 2.54. The Morgan fingerprint density at radius 2 is 1.85 bits per heavy atom. The van der Waals surface area contributed by atoms with E-state index in [0.717, 1.165) is 33.3 Å². The van der Waals surface area contributed by atoms with Gasteiger partial charge >= 0.3 is 5.88 Å². The van der Waals surface area contributed by atoms with Crippen LogP contribution in [0.15, 0.2) is 60.8 Å². The van der Waals surface area contributed by atoms with E-state index in [1.165, 1.54) is 4.68 Å². The lowest BCUT2D eigenvalue weighted by atomic mass is 10.2. The van der Waals surface area contributed by atoms with Crippen LogP contribution in [-0.2, 0) is 0 Å². The van der Waals surface area contributed by atoms with Gasteiger partial charge in [-0.2, -0.15) is 0 Å². The van der Waals surface area contributed by atoms with Crippen molar-refractivity contribution < 1.29 is 15.1 Å². The molecule has 3 aromatic heterocycles. The number of nitrogens with zero attached hydrogens (tertiary/aromatic N) is 5. The van der Waals surface area contributed by atoms with Crippen LogP contribution in [0.1, 0.15) is 5.69 Å². The molecule has 0 aliphatic carbocycles. The Hall–Kier alpha value is -3.58. The number of fused-ring (bicyclic) bond motifs is 4. The fourth-order valence-electron chi connectivity index (χ4n) is 3.20. The zero-order valence-corrected chi connectivity index (χ0v) is 13.9. The van der Waals surface area contributed by atoms with Crippen molar-refractivity contribution in [1.82, 2.24) is 19.9 Å². The van der Waals surface area contributed by atoms with Crippen LogP contribution >= 0.6 is 0 Å². The van der Waals surface area contributed by atoms with Gasteiger partial charge in [0.25, 0.3) is 5.52 Å². The van der Waals surface area contributed by atoms with E-state index in [0.29, 0.717) is 5.52 Å². The Kier molecular flexibility index (Phi) is 3.52. The molecule has 5 aromatic rings. The van der Waals surface area contributed by atoms with E-state index in [2.05, 4.69) is 15.2 Å². The molecule has 0 aliphatic heterocycles. The predicted molar refractivity (Wildman–Crippen MR) is 95.7 cm³/mol. The quantitative estimate of drug-likeness (QED) is 0.471. The van der Waals surface area contributed by atoms with E-state index < -0.39 is 0 Å². The summed E-state index contributed by atoms with van der Waals surface area (Å²) in [6.45, 7) is 1.87. The van der Waals surface area contributed by atoms with Crippen molar-refractivity contribution >= 4 is 27.5 Å². The number of pyridine rings is 1. The summed E-state index contributed by atoms with van der Waals surface area (Å²) in [5, 5.41) is 16.4. The fraction of sp³-hybridized carbons (Fsp3) is 0.0526. The van der Waals surface area contributed by atoms with Crippen molar-refractivity contribution in [1.29, 1.82) is 0 Å². The van der Waals surface area contributed by atoms with E-state index >= 15 is 0 Å². The van der Waals surface area contributed by atoms with Gasteiger partial charge in [0.15, 0.2) is 11.2 Å². The van der Waals surface area contributed by atoms with Crippen LogP contribution in [0.3, 0.4) is 0 Å². The summed E-state index contributed by atoms with van der Waals surface area (Å²) in [6.07, 6.45) is 1.76. The van der Waals surface area contributed by atoms with Gasteiger partial charge in [0.1, 0.15) is 10.7 Å². The van der Waals surface area contributed by atoms with E-state index in [9.17, 15) is 5.11 Å². The van der Waals surface area contributed by atoms with Gasteiger partial charge in [0.2, 0.25) is 0 Å². The number of hydrogen-bond donors (Lipinski definition) is 1. The topological polar surface area (TPSA) is 97.9 Å². The number of rotatable bonds is 1. The summed E-state index contributed by atoms with van der Waals surface area (Å²) < 4.78 is 3.27. The number of benzene rings is 2. The highest BCUT2D eigenvalue weighted by molar-refractivity contribution is 5.81. The van der Waals surface area contributed by atoms with Gasteiger partial charge < -0.3 is 10.6 Å². The maximum absolute atomic E-state index is 10.8. The molecule has 0 amide bonds. The third-order valence-corrected chi connectivity index (χ3v) is 4.38. The Morgan fingerprint density at radius 1 is 1.00 bits per heavy atom. The molecule has 26 heavy (non-hydrogen) atoms. The average molecular weight is 345 g/mol. The summed E-state index contributed by atoms with van der Waals surface area (Å²) in [5.41, 5.74) is 4.68. The van der Waals surface area contributed by atoms with Crippen LogP contribution in [0.25, 0.3) is 33.1 Å². The lowest BCUT2D eigenvalue weighted by molar-refractivity contribution is -0.556. The van der Waals surface area contributed by atoms with Gasteiger partial charge in [-0.05, 0) is 43.3 Å². The number of aryl methyl sites for hydroxylation is 1. The third-order valence-electron chi connectivity index (χ3n) is 4.38. The van der Waals surface area contributed by atoms with Crippen molar-refractivity contribution in [3.05, 3.63) is 66.5 Å². The highest BCUT2D eigenvalue weighted by Gasteiger charge is 2.26. The average Bonchev–Trinajstić information content (AvgIpc) is 3.00. The summed E-state index contributed by atoms with van der Waals surface area (Å²) >= 11 is 0. The van der Waals surface area contributed by atoms with Crippen LogP contribution < -0.4 is 4.52 Å². The molecule has 0 spiro atoms. The first-order valence-corrected chi connectivity index (χ1v) is 7.97. The largest absolute Gasteiger partial charge is 0.870 e. The van der Waals surface area contributed by atoms with Crippen molar-refractivity contribution in [3.63, 3.8) is 0 Å². The zero-order valence-electron chi connectivity index (χ0n) is 13.9. The van der Waals surface area contributed by atoms with E-state index in [1.54, 1.807) is 10.7 Å². The molecule has 3 heterocycles. The van der Waals surface area contributed by atoms with Crippen molar-refractivity contribution in [2.45, 2.75) is 6.92 Å². The van der Waals surface area contributed by atoms with Gasteiger partial charge in [-0.3, -0.25) is 4.98 Å². The Bertz CT molecular complexity index is 1280. The highest BCUT2D eigenvalue weighted by atomic mass is 16.3. The summed E-state index contributed by atoms with van der Waals surface area (Å²) in [6, 6.07) is 17.4. The van der Waals surface area contributed by atoms with E-state index in [-0.39, 0.29) is 11.4 Å². The maximum atomic E-state index is 10.8. The molecule has 128 valence electrons. The number of aromatic hydroxyl groups is 1. The number of hydrogen-bond acceptors (Lipinski definition) is 5. The summed E-state index contributed by atoms with van der Waals surface area (Å²) in [7, 11) is 0. The molecule has 0 atom stereocenters. The molecule has 0 saturated carbocycles. The molecule has 7 nitrogen and oxygen atoms in total. The highest BCUT2D eigenvalue weighted by Crippen LogP contribution is 2.24. The molecule has 0 aliphatic rings. The van der Waals surface area contributed by atoms with Gasteiger partial charge in [-0.1, -0.05) is 27.4 Å². The Balaban J connectivity index is 0.00000168. The van der Waals surface area contributed by atoms with Gasteiger partial charge in [-0.15, -0.1) is 0 Å². The number of para-hydroxylation sites is 2. The Labute approximate surface area is 148 Å². The molecular formula is C19H15N5O2. The van der Waals surface area contributed by atoms with Crippen LogP contribution in [-0.4, -0.2) is 30.4 Å². The molecule has 7 heteroatoms. The summed E-state index contributed by atoms with van der Waals surface area (Å²) in [4.78, 5) is 8.91. The van der Waals surface area contributed by atoms with Crippen LogP contribution in [0.4, 0.5) is 0 Å². The Morgan fingerprint density at radius 3 is 2.73 bits per heavy atom. The van der Waals surface area contributed by atoms with Crippen LogP contribution in [0.5, 0.6) is 5.88 Å². The van der Waals surface area contributed by atoms with Gasteiger partial charge in [0.05, 0.1) is 11.2 Å². The lowest BCUT2D eigenvalue weighted by Crippen LogP contribution is -2.27. The van der Waals surface area contributed by atoms with Crippen LogP contribution in [0.2, 0.25) is 0 Å². The van der Waals surface area contributed by atoms with Gasteiger partial charge in [-0.25, -0.2) is 4.98 Å². The maximum Gasteiger partial charge on any atom is 0.361 e. The minimum atomic E-state index is 0. The van der Waals surface area contributed by atoms with Crippen molar-refractivity contribution in [2.24, 2.45) is 0 Å². The molecule has 5 rings (SSSR count). The molecular weight excluding hydrogens is 330 g/mol. The molecule has 0 bridgehead atoms. The third kappa shape index (κ3) is 2.18.